The Hall–Kier alpha value is -1.28. The van der Waals surface area contributed by atoms with Gasteiger partial charge in [0.1, 0.15) is 0 Å². The van der Waals surface area contributed by atoms with Gasteiger partial charge in [-0.15, -0.1) is 0 Å². The van der Waals surface area contributed by atoms with E-state index >= 15 is 0 Å². The van der Waals surface area contributed by atoms with E-state index < -0.39 is 0 Å². The van der Waals surface area contributed by atoms with E-state index in [2.05, 4.69) is 49.0 Å². The number of rotatable bonds is 2. The highest BCUT2D eigenvalue weighted by molar-refractivity contribution is 5.84. The van der Waals surface area contributed by atoms with Crippen molar-refractivity contribution in [3.63, 3.8) is 0 Å². The number of aromatic nitrogens is 1. The molecule has 0 unspecified atom stereocenters. The lowest BCUT2D eigenvalue weighted by Gasteiger charge is -2.06. The summed E-state index contributed by atoms with van der Waals surface area (Å²) in [5, 5.41) is 1.28. The normalized spacial score (nSPS) is 13.4. The number of aryl methyl sites for hydroxylation is 1. The van der Waals surface area contributed by atoms with Crippen LogP contribution in [0, 0.1) is 0 Å². The number of nitrogens with two attached hydrogens (primary N) is 1. The summed E-state index contributed by atoms with van der Waals surface area (Å²) in [6, 6.07) is 8.54. The van der Waals surface area contributed by atoms with Gasteiger partial charge in [0.25, 0.3) is 0 Å². The molecule has 14 heavy (non-hydrogen) atoms. The number of para-hydroxylation sites is 1. The molecule has 0 fully saturated rings. The van der Waals surface area contributed by atoms with E-state index in [0.29, 0.717) is 0 Å². The molecule has 0 radical (unpaired) electrons. The Balaban J connectivity index is 2.66. The highest BCUT2D eigenvalue weighted by atomic mass is 14.9. The van der Waals surface area contributed by atoms with Gasteiger partial charge in [0.2, 0.25) is 0 Å². The van der Waals surface area contributed by atoms with Crippen LogP contribution >= 0.6 is 0 Å². The molecule has 0 aliphatic heterocycles. The topological polar surface area (TPSA) is 30.9 Å². The predicted molar refractivity (Wildman–Crippen MR) is 60.1 cm³/mol. The molecule has 0 aliphatic rings. The number of nitrogens with zero attached hydrogens (tertiary/aromatic N) is 1. The van der Waals surface area contributed by atoms with Gasteiger partial charge >= 0.3 is 0 Å². The van der Waals surface area contributed by atoms with Crippen LogP contribution in [-0.4, -0.2) is 4.57 Å². The van der Waals surface area contributed by atoms with E-state index in [-0.39, 0.29) is 6.04 Å². The maximum atomic E-state index is 6.06. The minimum absolute atomic E-state index is 0.154. The lowest BCUT2D eigenvalue weighted by Crippen LogP contribution is -2.07. The highest BCUT2D eigenvalue weighted by Gasteiger charge is 2.10. The van der Waals surface area contributed by atoms with Gasteiger partial charge in [0, 0.05) is 30.2 Å². The Kier molecular flexibility index (Phi) is 2.30. The van der Waals surface area contributed by atoms with Crippen LogP contribution in [0.25, 0.3) is 10.9 Å². The summed E-state index contributed by atoms with van der Waals surface area (Å²) < 4.78 is 2.14. The largest absolute Gasteiger partial charge is 0.350 e. The molecule has 2 heteroatoms. The lowest BCUT2D eigenvalue weighted by molar-refractivity contribution is 0.700. The Morgan fingerprint density at radius 2 is 2.07 bits per heavy atom. The SMILES string of the molecule is CC[C@@H](N)c1cn(C)c2ccccc12. The Morgan fingerprint density at radius 1 is 1.36 bits per heavy atom. The summed E-state index contributed by atoms with van der Waals surface area (Å²) in [4.78, 5) is 0. The third-order valence-corrected chi connectivity index (χ3v) is 2.77. The van der Waals surface area contributed by atoms with E-state index in [1.54, 1.807) is 0 Å². The number of benzene rings is 1. The molecule has 1 atom stereocenters. The molecule has 2 aromatic rings. The molecule has 1 heterocycles. The first kappa shape index (κ1) is 9.28. The van der Waals surface area contributed by atoms with Gasteiger partial charge in [-0.05, 0) is 18.1 Å². The van der Waals surface area contributed by atoms with E-state index in [9.17, 15) is 0 Å². The van der Waals surface area contributed by atoms with E-state index in [4.69, 9.17) is 5.73 Å². The molecular formula is C12H16N2. The number of hydrogen-bond acceptors (Lipinski definition) is 1. The molecule has 2 nitrogen and oxygen atoms in total. The third kappa shape index (κ3) is 1.32. The van der Waals surface area contributed by atoms with Crippen LogP contribution in [0.5, 0.6) is 0 Å². The molecule has 2 rings (SSSR count). The zero-order valence-electron chi connectivity index (χ0n) is 8.70. The van der Waals surface area contributed by atoms with Crippen LogP contribution in [0.2, 0.25) is 0 Å². The molecule has 0 saturated carbocycles. The third-order valence-electron chi connectivity index (χ3n) is 2.77. The van der Waals surface area contributed by atoms with E-state index in [1.807, 2.05) is 0 Å². The average Bonchev–Trinajstić information content (AvgIpc) is 2.56. The summed E-state index contributed by atoms with van der Waals surface area (Å²) >= 11 is 0. The Labute approximate surface area is 84.3 Å². The van der Waals surface area contributed by atoms with Gasteiger partial charge in [-0.1, -0.05) is 25.1 Å². The van der Waals surface area contributed by atoms with Crippen LogP contribution in [0.15, 0.2) is 30.5 Å². The Morgan fingerprint density at radius 3 is 2.79 bits per heavy atom. The average molecular weight is 188 g/mol. The molecule has 1 aromatic heterocycles. The van der Waals surface area contributed by atoms with E-state index in [1.165, 1.54) is 16.5 Å². The standard InChI is InChI=1S/C12H16N2/c1-3-11(13)10-8-14(2)12-7-5-4-6-9(10)12/h4-8,11H,3,13H2,1-2H3/t11-/m1/s1. The fraction of sp³-hybridized carbons (Fsp3) is 0.333. The van der Waals surface area contributed by atoms with Crippen molar-refractivity contribution in [1.82, 2.24) is 4.57 Å². The number of fused-ring (bicyclic) bond motifs is 1. The summed E-state index contributed by atoms with van der Waals surface area (Å²) in [5.74, 6) is 0. The minimum atomic E-state index is 0.154. The van der Waals surface area contributed by atoms with Gasteiger partial charge in [0.15, 0.2) is 0 Å². The van der Waals surface area contributed by atoms with Gasteiger partial charge in [-0.2, -0.15) is 0 Å². The first-order valence-corrected chi connectivity index (χ1v) is 5.03. The second kappa shape index (κ2) is 3.46. The van der Waals surface area contributed by atoms with E-state index in [0.717, 1.165) is 6.42 Å². The van der Waals surface area contributed by atoms with Gasteiger partial charge < -0.3 is 10.3 Å². The predicted octanol–water partition coefficient (Wildman–Crippen LogP) is 2.59. The molecule has 0 bridgehead atoms. The molecule has 74 valence electrons. The van der Waals surface area contributed by atoms with Crippen molar-refractivity contribution in [3.05, 3.63) is 36.0 Å². The summed E-state index contributed by atoms with van der Waals surface area (Å²) in [5.41, 5.74) is 8.57. The van der Waals surface area contributed by atoms with Gasteiger partial charge in [-0.25, -0.2) is 0 Å². The second-order valence-electron chi connectivity index (χ2n) is 3.73. The Bertz CT molecular complexity index is 443. The van der Waals surface area contributed by atoms with Crippen molar-refractivity contribution in [2.75, 3.05) is 0 Å². The maximum absolute atomic E-state index is 6.06. The van der Waals surface area contributed by atoms with Crippen molar-refractivity contribution in [2.45, 2.75) is 19.4 Å². The molecular weight excluding hydrogens is 172 g/mol. The zero-order chi connectivity index (χ0) is 10.1. The lowest BCUT2D eigenvalue weighted by atomic mass is 10.1. The van der Waals surface area contributed by atoms with Crippen LogP contribution < -0.4 is 5.73 Å². The summed E-state index contributed by atoms with van der Waals surface area (Å²) in [7, 11) is 2.06. The van der Waals surface area contributed by atoms with Crippen molar-refractivity contribution < 1.29 is 0 Å². The smallest absolute Gasteiger partial charge is 0.0481 e. The first-order chi connectivity index (χ1) is 6.74. The first-order valence-electron chi connectivity index (χ1n) is 5.03. The highest BCUT2D eigenvalue weighted by Crippen LogP contribution is 2.25. The van der Waals surface area contributed by atoms with Crippen molar-refractivity contribution >= 4 is 10.9 Å². The molecule has 0 aliphatic carbocycles. The summed E-state index contributed by atoms with van der Waals surface area (Å²) in [6.07, 6.45) is 3.12. The number of hydrogen-bond donors (Lipinski definition) is 1. The van der Waals surface area contributed by atoms with Crippen LogP contribution in [0.1, 0.15) is 24.9 Å². The summed E-state index contributed by atoms with van der Waals surface area (Å²) in [6.45, 7) is 2.12. The monoisotopic (exact) mass is 188 g/mol. The van der Waals surface area contributed by atoms with Crippen LogP contribution in [-0.2, 0) is 7.05 Å². The quantitative estimate of drug-likeness (QED) is 0.771. The van der Waals surface area contributed by atoms with Crippen molar-refractivity contribution in [2.24, 2.45) is 12.8 Å². The molecule has 0 amide bonds. The minimum Gasteiger partial charge on any atom is -0.350 e. The van der Waals surface area contributed by atoms with Gasteiger partial charge in [0.05, 0.1) is 0 Å². The molecule has 0 spiro atoms. The maximum Gasteiger partial charge on any atom is 0.0481 e. The fourth-order valence-electron chi connectivity index (χ4n) is 1.89. The van der Waals surface area contributed by atoms with Crippen molar-refractivity contribution in [3.8, 4) is 0 Å². The molecule has 2 N–H and O–H groups in total. The second-order valence-corrected chi connectivity index (χ2v) is 3.73. The molecule has 1 aromatic carbocycles. The zero-order valence-corrected chi connectivity index (χ0v) is 8.70. The van der Waals surface area contributed by atoms with Crippen LogP contribution in [0.3, 0.4) is 0 Å². The van der Waals surface area contributed by atoms with Crippen LogP contribution in [0.4, 0.5) is 0 Å². The fourth-order valence-corrected chi connectivity index (χ4v) is 1.89. The van der Waals surface area contributed by atoms with Crippen molar-refractivity contribution in [1.29, 1.82) is 0 Å². The molecule has 0 saturated heterocycles. The van der Waals surface area contributed by atoms with Gasteiger partial charge in [-0.3, -0.25) is 0 Å².